The highest BCUT2D eigenvalue weighted by Gasteiger charge is 2.17. The predicted octanol–water partition coefficient (Wildman–Crippen LogP) is 3.34. The molecule has 8 heteroatoms. The number of hydrogen-bond donors (Lipinski definition) is 2. The summed E-state index contributed by atoms with van der Waals surface area (Å²) in [5.74, 6) is 0. The van der Waals surface area contributed by atoms with Crippen molar-refractivity contribution in [3.63, 3.8) is 0 Å². The van der Waals surface area contributed by atoms with Gasteiger partial charge in [0.15, 0.2) is 0 Å². The fourth-order valence-electron chi connectivity index (χ4n) is 2.53. The third kappa shape index (κ3) is 3.39. The van der Waals surface area contributed by atoms with Gasteiger partial charge in [-0.2, -0.15) is 0 Å². The summed E-state index contributed by atoms with van der Waals surface area (Å²) in [6, 6.07) is 8.60. The van der Waals surface area contributed by atoms with Crippen LogP contribution in [0.25, 0.3) is 10.9 Å². The van der Waals surface area contributed by atoms with Crippen LogP contribution in [0, 0.1) is 13.8 Å². The molecule has 3 aromatic rings. The summed E-state index contributed by atoms with van der Waals surface area (Å²) in [7, 11) is -3.69. The van der Waals surface area contributed by atoms with Crippen molar-refractivity contribution in [3.8, 4) is 0 Å². The first-order chi connectivity index (χ1) is 11.3. The largest absolute Gasteiger partial charge is 0.322 e. The normalized spacial score (nSPS) is 12.0. The molecule has 2 aromatic heterocycles. The van der Waals surface area contributed by atoms with E-state index in [1.54, 1.807) is 6.07 Å². The molecule has 0 aliphatic rings. The highest BCUT2D eigenvalue weighted by atomic mass is 35.5. The monoisotopic (exact) mass is 382 g/mol. The molecule has 2 N–H and O–H groups in total. The molecule has 1 aromatic carbocycles. The van der Waals surface area contributed by atoms with Crippen LogP contribution in [0.5, 0.6) is 0 Å². The Morgan fingerprint density at radius 2 is 1.96 bits per heavy atom. The van der Waals surface area contributed by atoms with E-state index in [0.29, 0.717) is 9.90 Å². The number of halogens is 1. The van der Waals surface area contributed by atoms with E-state index in [-0.39, 0.29) is 16.3 Å². The van der Waals surface area contributed by atoms with E-state index < -0.39 is 10.0 Å². The van der Waals surface area contributed by atoms with Crippen LogP contribution < -0.4 is 10.3 Å². The van der Waals surface area contributed by atoms with Crippen molar-refractivity contribution in [2.45, 2.75) is 24.6 Å². The fraction of sp³-hybridized carbons (Fsp3) is 0.188. The maximum absolute atomic E-state index is 12.2. The smallest absolute Gasteiger partial charge is 0.252 e. The van der Waals surface area contributed by atoms with Gasteiger partial charge in [0.2, 0.25) is 10.0 Å². The number of pyridine rings is 1. The summed E-state index contributed by atoms with van der Waals surface area (Å²) in [5, 5.41) is 0.897. The van der Waals surface area contributed by atoms with Gasteiger partial charge in [-0.3, -0.25) is 4.79 Å². The van der Waals surface area contributed by atoms with Crippen LogP contribution >= 0.6 is 22.9 Å². The third-order valence-corrected chi connectivity index (χ3v) is 6.78. The summed E-state index contributed by atoms with van der Waals surface area (Å²) in [5.41, 5.74) is 2.88. The van der Waals surface area contributed by atoms with Gasteiger partial charge in [0.25, 0.3) is 5.56 Å². The minimum Gasteiger partial charge on any atom is -0.322 e. The zero-order valence-electron chi connectivity index (χ0n) is 13.0. The molecule has 0 amide bonds. The minimum absolute atomic E-state index is 0.0869. The lowest BCUT2D eigenvalue weighted by Crippen LogP contribution is -2.26. The Labute approximate surface area is 148 Å². The summed E-state index contributed by atoms with van der Waals surface area (Å²) >= 11 is 6.75. The van der Waals surface area contributed by atoms with Gasteiger partial charge in [-0.25, -0.2) is 13.1 Å². The maximum Gasteiger partial charge on any atom is 0.252 e. The number of aromatic amines is 1. The van der Waals surface area contributed by atoms with Gasteiger partial charge < -0.3 is 4.98 Å². The predicted molar refractivity (Wildman–Crippen MR) is 97.4 cm³/mol. The number of H-pyrrole nitrogens is 1. The number of aryl methyl sites for hydroxylation is 2. The molecule has 0 atom stereocenters. The Morgan fingerprint density at radius 3 is 2.62 bits per heavy atom. The molecular formula is C16H15ClN2O3S2. The first kappa shape index (κ1) is 17.2. The number of fused-ring (bicyclic) bond motifs is 1. The Balaban J connectivity index is 1.93. The quantitative estimate of drug-likeness (QED) is 0.726. The standard InChI is InChI=1S/C16H15ClN2O3S2/c1-9-5-10(2)12-7-11(16(20)19-13(12)6-9)8-18-24(21,22)15-4-3-14(17)23-15/h3-7,18H,8H2,1-2H3,(H,19,20). The van der Waals surface area contributed by atoms with Crippen LogP contribution in [0.1, 0.15) is 16.7 Å². The van der Waals surface area contributed by atoms with Crippen molar-refractivity contribution >= 4 is 43.9 Å². The van der Waals surface area contributed by atoms with Crippen molar-refractivity contribution in [1.82, 2.24) is 9.71 Å². The number of sulfonamides is 1. The lowest BCUT2D eigenvalue weighted by molar-refractivity contribution is 0.583. The zero-order valence-corrected chi connectivity index (χ0v) is 15.4. The minimum atomic E-state index is -3.69. The first-order valence-electron chi connectivity index (χ1n) is 7.14. The summed E-state index contributed by atoms with van der Waals surface area (Å²) in [4.78, 5) is 15.0. The maximum atomic E-state index is 12.2. The van der Waals surface area contributed by atoms with Gasteiger partial charge in [0.1, 0.15) is 4.21 Å². The Kier molecular flexibility index (Phi) is 4.52. The van der Waals surface area contributed by atoms with Gasteiger partial charge in [-0.1, -0.05) is 17.7 Å². The van der Waals surface area contributed by atoms with Crippen LogP contribution in [0.3, 0.4) is 0 Å². The Morgan fingerprint density at radius 1 is 1.21 bits per heavy atom. The third-order valence-electron chi connectivity index (χ3n) is 3.66. The van der Waals surface area contributed by atoms with Crippen LogP contribution in [0.2, 0.25) is 4.34 Å². The van der Waals surface area contributed by atoms with Gasteiger partial charge in [0, 0.05) is 23.0 Å². The van der Waals surface area contributed by atoms with E-state index in [2.05, 4.69) is 9.71 Å². The van der Waals surface area contributed by atoms with Crippen molar-refractivity contribution in [1.29, 1.82) is 0 Å². The molecular weight excluding hydrogens is 368 g/mol. The lowest BCUT2D eigenvalue weighted by atomic mass is 10.0. The average molecular weight is 383 g/mol. The molecule has 0 radical (unpaired) electrons. The second kappa shape index (κ2) is 6.33. The molecule has 0 aliphatic heterocycles. The zero-order chi connectivity index (χ0) is 17.5. The highest BCUT2D eigenvalue weighted by molar-refractivity contribution is 7.91. The molecule has 126 valence electrons. The van der Waals surface area contributed by atoms with E-state index >= 15 is 0 Å². The molecule has 5 nitrogen and oxygen atoms in total. The number of rotatable bonds is 4. The SMILES string of the molecule is Cc1cc(C)c2cc(CNS(=O)(=O)c3ccc(Cl)s3)c(=O)[nH]c2c1. The summed E-state index contributed by atoms with van der Waals surface area (Å²) < 4.78 is 27.4. The number of hydrogen-bond acceptors (Lipinski definition) is 4. The number of thiophene rings is 1. The van der Waals surface area contributed by atoms with Crippen LogP contribution in [0.4, 0.5) is 0 Å². The van der Waals surface area contributed by atoms with E-state index in [1.165, 1.54) is 12.1 Å². The molecule has 0 unspecified atom stereocenters. The molecule has 2 heterocycles. The van der Waals surface area contributed by atoms with Gasteiger partial charge in [0.05, 0.1) is 4.34 Å². The number of aromatic nitrogens is 1. The van der Waals surface area contributed by atoms with E-state index in [0.717, 1.165) is 33.4 Å². The molecule has 0 bridgehead atoms. The topological polar surface area (TPSA) is 79.0 Å². The van der Waals surface area contributed by atoms with Gasteiger partial charge in [-0.05, 0) is 49.2 Å². The molecule has 0 saturated carbocycles. The van der Waals surface area contributed by atoms with Crippen LogP contribution in [-0.2, 0) is 16.6 Å². The molecule has 0 fully saturated rings. The van der Waals surface area contributed by atoms with Gasteiger partial charge in [-0.15, -0.1) is 11.3 Å². The molecule has 0 saturated heterocycles. The van der Waals surface area contributed by atoms with Crippen LogP contribution in [0.15, 0.2) is 39.3 Å². The Bertz CT molecular complexity index is 1080. The molecule has 0 aliphatic carbocycles. The summed E-state index contributed by atoms with van der Waals surface area (Å²) in [6.07, 6.45) is 0. The average Bonchev–Trinajstić information content (AvgIpc) is 2.92. The number of nitrogens with one attached hydrogen (secondary N) is 2. The van der Waals surface area contributed by atoms with Crippen LogP contribution in [-0.4, -0.2) is 13.4 Å². The van der Waals surface area contributed by atoms with Crippen molar-refractivity contribution < 1.29 is 8.42 Å². The van der Waals surface area contributed by atoms with Gasteiger partial charge >= 0.3 is 0 Å². The van der Waals surface area contributed by atoms with Crippen molar-refractivity contribution in [2.24, 2.45) is 0 Å². The molecule has 0 spiro atoms. The molecule has 24 heavy (non-hydrogen) atoms. The number of benzene rings is 1. The summed E-state index contributed by atoms with van der Waals surface area (Å²) in [6.45, 7) is 3.82. The Hall–Kier alpha value is -1.67. The van der Waals surface area contributed by atoms with E-state index in [4.69, 9.17) is 11.6 Å². The highest BCUT2D eigenvalue weighted by Crippen LogP contribution is 2.25. The second-order valence-electron chi connectivity index (χ2n) is 5.55. The fourth-order valence-corrected chi connectivity index (χ4v) is 5.07. The first-order valence-corrected chi connectivity index (χ1v) is 9.82. The van der Waals surface area contributed by atoms with E-state index in [1.807, 2.05) is 26.0 Å². The molecule has 3 rings (SSSR count). The second-order valence-corrected chi connectivity index (χ2v) is 9.26. The van der Waals surface area contributed by atoms with Crippen molar-refractivity contribution in [3.05, 3.63) is 61.7 Å². The van der Waals surface area contributed by atoms with E-state index in [9.17, 15) is 13.2 Å². The lowest BCUT2D eigenvalue weighted by Gasteiger charge is -2.08. The van der Waals surface area contributed by atoms with Crippen molar-refractivity contribution in [2.75, 3.05) is 0 Å².